The molecule has 1 heterocycles. The Morgan fingerprint density at radius 3 is 2.84 bits per heavy atom. The summed E-state index contributed by atoms with van der Waals surface area (Å²) < 4.78 is 5.67. The van der Waals surface area contributed by atoms with Crippen molar-refractivity contribution in [2.45, 2.75) is 56.7 Å². The average molecular weight is 279 g/mol. The summed E-state index contributed by atoms with van der Waals surface area (Å²) in [6.07, 6.45) is 10.4. The van der Waals surface area contributed by atoms with Crippen LogP contribution in [0.5, 0.6) is 5.75 Å². The van der Waals surface area contributed by atoms with Gasteiger partial charge in [-0.1, -0.05) is 44.2 Å². The summed E-state index contributed by atoms with van der Waals surface area (Å²) in [6, 6.07) is 6.54. The molecule has 2 aliphatic rings. The SMILES string of the molecule is ClC(CC1CCCCC1)c1ccc2c(c1)CCCO2. The Balaban J connectivity index is 1.67. The first-order chi connectivity index (χ1) is 9.33. The van der Waals surface area contributed by atoms with Crippen molar-refractivity contribution in [1.82, 2.24) is 0 Å². The number of fused-ring (bicyclic) bond motifs is 1. The monoisotopic (exact) mass is 278 g/mol. The van der Waals surface area contributed by atoms with E-state index in [1.54, 1.807) is 0 Å². The van der Waals surface area contributed by atoms with Crippen molar-refractivity contribution in [3.05, 3.63) is 29.3 Å². The molecule has 0 N–H and O–H groups in total. The van der Waals surface area contributed by atoms with Gasteiger partial charge in [-0.3, -0.25) is 0 Å². The van der Waals surface area contributed by atoms with Gasteiger partial charge in [0.1, 0.15) is 5.75 Å². The zero-order chi connectivity index (χ0) is 13.1. The Labute approximate surface area is 121 Å². The first-order valence-electron chi connectivity index (χ1n) is 7.72. The van der Waals surface area contributed by atoms with E-state index in [4.69, 9.17) is 16.3 Å². The molecule has 3 rings (SSSR count). The van der Waals surface area contributed by atoms with Gasteiger partial charge in [0.15, 0.2) is 0 Å². The zero-order valence-electron chi connectivity index (χ0n) is 11.5. The molecule has 104 valence electrons. The second-order valence-corrected chi connectivity index (χ2v) is 6.55. The van der Waals surface area contributed by atoms with Gasteiger partial charge in [-0.15, -0.1) is 11.6 Å². The van der Waals surface area contributed by atoms with E-state index in [-0.39, 0.29) is 5.38 Å². The maximum absolute atomic E-state index is 6.64. The lowest BCUT2D eigenvalue weighted by Crippen LogP contribution is -2.11. The molecule has 1 unspecified atom stereocenters. The van der Waals surface area contributed by atoms with Gasteiger partial charge in [0, 0.05) is 0 Å². The second kappa shape index (κ2) is 6.17. The van der Waals surface area contributed by atoms with E-state index in [2.05, 4.69) is 18.2 Å². The van der Waals surface area contributed by atoms with E-state index < -0.39 is 0 Å². The van der Waals surface area contributed by atoms with Gasteiger partial charge in [0.2, 0.25) is 0 Å². The van der Waals surface area contributed by atoms with Gasteiger partial charge in [0.25, 0.3) is 0 Å². The Hall–Kier alpha value is -0.690. The van der Waals surface area contributed by atoms with Gasteiger partial charge in [-0.05, 0) is 42.4 Å². The largest absolute Gasteiger partial charge is 0.493 e. The summed E-state index contributed by atoms with van der Waals surface area (Å²) in [4.78, 5) is 0. The fraction of sp³-hybridized carbons (Fsp3) is 0.647. The molecule has 2 heteroatoms. The van der Waals surface area contributed by atoms with Crippen molar-refractivity contribution in [2.24, 2.45) is 5.92 Å². The minimum atomic E-state index is 0.176. The number of hydrogen-bond acceptors (Lipinski definition) is 1. The van der Waals surface area contributed by atoms with Crippen molar-refractivity contribution >= 4 is 11.6 Å². The number of rotatable bonds is 3. The fourth-order valence-corrected chi connectivity index (χ4v) is 3.81. The Bertz CT molecular complexity index is 423. The second-order valence-electron chi connectivity index (χ2n) is 6.03. The molecule has 1 nitrogen and oxygen atoms in total. The van der Waals surface area contributed by atoms with Gasteiger partial charge in [-0.2, -0.15) is 0 Å². The zero-order valence-corrected chi connectivity index (χ0v) is 12.3. The highest BCUT2D eigenvalue weighted by Gasteiger charge is 2.20. The Morgan fingerprint density at radius 1 is 1.16 bits per heavy atom. The topological polar surface area (TPSA) is 9.23 Å². The van der Waals surface area contributed by atoms with Crippen LogP contribution in [0.25, 0.3) is 0 Å². The molecular formula is C17H23ClO. The van der Waals surface area contributed by atoms with E-state index in [1.165, 1.54) is 43.2 Å². The molecule has 1 atom stereocenters. The standard InChI is InChI=1S/C17H23ClO/c18-16(11-13-5-2-1-3-6-13)14-8-9-17-15(12-14)7-4-10-19-17/h8-9,12-13,16H,1-7,10-11H2. The number of halogens is 1. The predicted octanol–water partition coefficient (Wildman–Crippen LogP) is 5.26. The van der Waals surface area contributed by atoms with Gasteiger partial charge in [0.05, 0.1) is 12.0 Å². The lowest BCUT2D eigenvalue weighted by Gasteiger charge is -2.25. The van der Waals surface area contributed by atoms with Crippen LogP contribution < -0.4 is 4.74 Å². The van der Waals surface area contributed by atoms with Crippen LogP contribution in [0, 0.1) is 5.92 Å². The summed E-state index contributed by atoms with van der Waals surface area (Å²) in [7, 11) is 0. The number of aryl methyl sites for hydroxylation is 1. The summed E-state index contributed by atoms with van der Waals surface area (Å²) in [6.45, 7) is 0.860. The fourth-order valence-electron chi connectivity index (χ4n) is 3.43. The molecule has 19 heavy (non-hydrogen) atoms. The van der Waals surface area contributed by atoms with Gasteiger partial charge < -0.3 is 4.74 Å². The Kier molecular flexibility index (Phi) is 4.32. The number of ether oxygens (including phenoxy) is 1. The van der Waals surface area contributed by atoms with E-state index in [1.807, 2.05) is 0 Å². The van der Waals surface area contributed by atoms with Crippen LogP contribution in [0.15, 0.2) is 18.2 Å². The van der Waals surface area contributed by atoms with Crippen LogP contribution in [0.2, 0.25) is 0 Å². The number of hydrogen-bond donors (Lipinski definition) is 0. The molecular weight excluding hydrogens is 256 g/mol. The molecule has 0 amide bonds. The average Bonchev–Trinajstić information content (AvgIpc) is 2.48. The number of alkyl halides is 1. The summed E-state index contributed by atoms with van der Waals surface area (Å²) in [5, 5.41) is 0.176. The van der Waals surface area contributed by atoms with Crippen molar-refractivity contribution < 1.29 is 4.74 Å². The molecule has 0 aromatic heterocycles. The third-order valence-electron chi connectivity index (χ3n) is 4.56. The van der Waals surface area contributed by atoms with Crippen LogP contribution in [0.3, 0.4) is 0 Å². The molecule has 1 saturated carbocycles. The highest BCUT2D eigenvalue weighted by molar-refractivity contribution is 6.20. The first-order valence-corrected chi connectivity index (χ1v) is 8.16. The van der Waals surface area contributed by atoms with Crippen LogP contribution in [-0.4, -0.2) is 6.61 Å². The smallest absolute Gasteiger partial charge is 0.122 e. The van der Waals surface area contributed by atoms with Crippen molar-refractivity contribution in [3.8, 4) is 5.75 Å². The quantitative estimate of drug-likeness (QED) is 0.685. The van der Waals surface area contributed by atoms with Crippen LogP contribution in [0.1, 0.15) is 61.4 Å². The highest BCUT2D eigenvalue weighted by atomic mass is 35.5. The molecule has 1 aromatic carbocycles. The number of benzene rings is 1. The minimum absolute atomic E-state index is 0.176. The van der Waals surface area contributed by atoms with E-state index in [0.29, 0.717) is 0 Å². The van der Waals surface area contributed by atoms with Crippen molar-refractivity contribution in [3.63, 3.8) is 0 Å². The molecule has 1 aromatic rings. The normalized spacial score (nSPS) is 21.5. The first kappa shape index (κ1) is 13.3. The molecule has 0 bridgehead atoms. The minimum Gasteiger partial charge on any atom is -0.493 e. The highest BCUT2D eigenvalue weighted by Crippen LogP contribution is 2.37. The molecule has 0 spiro atoms. The molecule has 0 saturated heterocycles. The van der Waals surface area contributed by atoms with E-state index in [0.717, 1.165) is 37.5 Å². The van der Waals surface area contributed by atoms with Crippen molar-refractivity contribution in [2.75, 3.05) is 6.61 Å². The van der Waals surface area contributed by atoms with Gasteiger partial charge in [-0.25, -0.2) is 0 Å². The van der Waals surface area contributed by atoms with Crippen molar-refractivity contribution in [1.29, 1.82) is 0 Å². The Morgan fingerprint density at radius 2 is 2.00 bits per heavy atom. The summed E-state index contributed by atoms with van der Waals surface area (Å²) in [5.74, 6) is 1.90. The van der Waals surface area contributed by atoms with Gasteiger partial charge >= 0.3 is 0 Å². The molecule has 0 radical (unpaired) electrons. The van der Waals surface area contributed by atoms with Crippen LogP contribution in [0.4, 0.5) is 0 Å². The van der Waals surface area contributed by atoms with Crippen LogP contribution in [-0.2, 0) is 6.42 Å². The third-order valence-corrected chi connectivity index (χ3v) is 4.99. The van der Waals surface area contributed by atoms with E-state index >= 15 is 0 Å². The predicted molar refractivity (Wildman–Crippen MR) is 80.0 cm³/mol. The summed E-state index contributed by atoms with van der Waals surface area (Å²) in [5.41, 5.74) is 2.63. The molecule has 1 fully saturated rings. The van der Waals surface area contributed by atoms with Crippen LogP contribution >= 0.6 is 11.6 Å². The maximum Gasteiger partial charge on any atom is 0.122 e. The van der Waals surface area contributed by atoms with E-state index in [9.17, 15) is 0 Å². The molecule has 1 aliphatic heterocycles. The molecule has 1 aliphatic carbocycles. The lowest BCUT2D eigenvalue weighted by molar-refractivity contribution is 0.288. The third kappa shape index (κ3) is 3.25. The lowest BCUT2D eigenvalue weighted by atomic mass is 9.85. The maximum atomic E-state index is 6.64. The summed E-state index contributed by atoms with van der Waals surface area (Å²) >= 11 is 6.64.